The second-order valence-corrected chi connectivity index (χ2v) is 8.77. The van der Waals surface area contributed by atoms with Crippen molar-refractivity contribution in [2.24, 2.45) is 0 Å². The third-order valence-corrected chi connectivity index (χ3v) is 6.32. The van der Waals surface area contributed by atoms with Crippen molar-refractivity contribution in [3.63, 3.8) is 0 Å². The Bertz CT molecular complexity index is 935. The molecule has 1 amide bonds. The first-order chi connectivity index (χ1) is 13.0. The van der Waals surface area contributed by atoms with Crippen molar-refractivity contribution in [1.82, 2.24) is 4.90 Å². The number of benzene rings is 1. The van der Waals surface area contributed by atoms with Crippen molar-refractivity contribution >= 4 is 63.5 Å². The molecular formula is C19H15Cl2NO3S2. The van der Waals surface area contributed by atoms with Gasteiger partial charge in [-0.3, -0.25) is 9.69 Å². The van der Waals surface area contributed by atoms with Gasteiger partial charge in [-0.2, -0.15) is 0 Å². The summed E-state index contributed by atoms with van der Waals surface area (Å²) in [6.45, 7) is 1.25. The van der Waals surface area contributed by atoms with Crippen LogP contribution in [0.25, 0.3) is 17.4 Å². The normalized spacial score (nSPS) is 21.6. The van der Waals surface area contributed by atoms with Crippen molar-refractivity contribution in [1.29, 1.82) is 0 Å². The molecule has 0 bridgehead atoms. The average molecular weight is 440 g/mol. The van der Waals surface area contributed by atoms with Gasteiger partial charge in [0.2, 0.25) is 0 Å². The zero-order chi connectivity index (χ0) is 19.0. The van der Waals surface area contributed by atoms with Crippen molar-refractivity contribution in [3.05, 3.63) is 51.0 Å². The van der Waals surface area contributed by atoms with E-state index < -0.39 is 0 Å². The minimum Gasteiger partial charge on any atom is -0.457 e. The van der Waals surface area contributed by atoms with E-state index in [0.29, 0.717) is 42.9 Å². The van der Waals surface area contributed by atoms with Crippen molar-refractivity contribution in [2.45, 2.75) is 18.9 Å². The molecule has 1 aromatic carbocycles. The van der Waals surface area contributed by atoms with E-state index in [-0.39, 0.29) is 12.0 Å². The Balaban J connectivity index is 1.54. The molecule has 2 aliphatic heterocycles. The van der Waals surface area contributed by atoms with E-state index in [1.54, 1.807) is 41.3 Å². The number of nitrogens with zero attached hydrogens (tertiary/aromatic N) is 1. The Morgan fingerprint density at radius 2 is 2.15 bits per heavy atom. The molecule has 3 heterocycles. The van der Waals surface area contributed by atoms with E-state index in [0.717, 1.165) is 19.4 Å². The van der Waals surface area contributed by atoms with Gasteiger partial charge in [0.05, 0.1) is 22.6 Å². The van der Waals surface area contributed by atoms with Gasteiger partial charge in [0.1, 0.15) is 15.8 Å². The smallest absolute Gasteiger partial charge is 0.266 e. The molecule has 8 heteroatoms. The standard InChI is InChI=1S/C19H15Cl2NO3S2/c20-11-3-5-15(21)14(8-11)16-6-4-12(25-16)9-17-18(23)22(19(26)27-17)10-13-2-1-7-24-13/h3-6,8-9,13H,1-2,7,10H2/b17-9+/t13-/m1/s1. The molecule has 4 nitrogen and oxygen atoms in total. The molecule has 140 valence electrons. The SMILES string of the molecule is O=C1/C(=C\c2ccc(-c3cc(Cl)ccc3Cl)o2)SC(=S)N1C[C@H]1CCCO1. The Kier molecular flexibility index (Phi) is 5.62. The molecule has 0 aliphatic carbocycles. The Hall–Kier alpha value is -1.31. The fourth-order valence-electron chi connectivity index (χ4n) is 3.04. The largest absolute Gasteiger partial charge is 0.457 e. The van der Waals surface area contributed by atoms with E-state index in [1.165, 1.54) is 11.8 Å². The highest BCUT2D eigenvalue weighted by molar-refractivity contribution is 8.26. The number of thiocarbonyl (C=S) groups is 1. The summed E-state index contributed by atoms with van der Waals surface area (Å²) in [7, 11) is 0. The van der Waals surface area contributed by atoms with Gasteiger partial charge in [0.15, 0.2) is 0 Å². The maximum atomic E-state index is 12.7. The summed E-state index contributed by atoms with van der Waals surface area (Å²) in [5.41, 5.74) is 0.703. The summed E-state index contributed by atoms with van der Waals surface area (Å²) < 4.78 is 12.0. The first-order valence-electron chi connectivity index (χ1n) is 8.43. The van der Waals surface area contributed by atoms with E-state index >= 15 is 0 Å². The molecule has 2 aliphatic rings. The molecule has 0 spiro atoms. The van der Waals surface area contributed by atoms with Crippen LogP contribution in [-0.4, -0.2) is 34.4 Å². The van der Waals surface area contributed by atoms with Gasteiger partial charge >= 0.3 is 0 Å². The lowest BCUT2D eigenvalue weighted by Gasteiger charge is -2.18. The topological polar surface area (TPSA) is 42.7 Å². The fraction of sp³-hybridized carbons (Fsp3) is 0.263. The molecule has 1 aromatic heterocycles. The van der Waals surface area contributed by atoms with Gasteiger partial charge < -0.3 is 9.15 Å². The lowest BCUT2D eigenvalue weighted by molar-refractivity contribution is -0.123. The first kappa shape index (κ1) is 19.0. The molecule has 2 fully saturated rings. The minimum atomic E-state index is -0.112. The third-order valence-electron chi connectivity index (χ3n) is 4.38. The zero-order valence-corrected chi connectivity index (χ0v) is 17.3. The molecule has 1 atom stereocenters. The van der Waals surface area contributed by atoms with Crippen LogP contribution in [0, 0.1) is 0 Å². The molecule has 0 saturated carbocycles. The average Bonchev–Trinajstić information content (AvgIpc) is 3.36. The number of carbonyl (C=O) groups excluding carboxylic acids is 1. The number of halogens is 2. The van der Waals surface area contributed by atoms with E-state index in [2.05, 4.69) is 0 Å². The number of ether oxygens (including phenoxy) is 1. The molecule has 27 heavy (non-hydrogen) atoms. The lowest BCUT2D eigenvalue weighted by atomic mass is 10.2. The Labute approximate surface area is 176 Å². The van der Waals surface area contributed by atoms with Gasteiger partial charge in [-0.05, 0) is 43.2 Å². The van der Waals surface area contributed by atoms with Crippen LogP contribution in [0.5, 0.6) is 0 Å². The highest BCUT2D eigenvalue weighted by Gasteiger charge is 2.34. The van der Waals surface area contributed by atoms with Crippen molar-refractivity contribution < 1.29 is 13.9 Å². The number of thioether (sulfide) groups is 1. The van der Waals surface area contributed by atoms with Crippen LogP contribution in [0.3, 0.4) is 0 Å². The highest BCUT2D eigenvalue weighted by atomic mass is 35.5. The van der Waals surface area contributed by atoms with Crippen molar-refractivity contribution in [2.75, 3.05) is 13.2 Å². The Morgan fingerprint density at radius 3 is 2.93 bits per heavy atom. The third kappa shape index (κ3) is 4.10. The lowest BCUT2D eigenvalue weighted by Crippen LogP contribution is -2.35. The van der Waals surface area contributed by atoms with Crippen LogP contribution >= 0.6 is 47.2 Å². The van der Waals surface area contributed by atoms with Crippen LogP contribution in [0.4, 0.5) is 0 Å². The molecule has 0 unspecified atom stereocenters. The summed E-state index contributed by atoms with van der Waals surface area (Å²) in [6.07, 6.45) is 3.75. The zero-order valence-electron chi connectivity index (χ0n) is 14.1. The molecule has 0 N–H and O–H groups in total. The number of hydrogen-bond acceptors (Lipinski definition) is 5. The maximum absolute atomic E-state index is 12.7. The van der Waals surface area contributed by atoms with Crippen LogP contribution in [0.15, 0.2) is 39.7 Å². The second-order valence-electron chi connectivity index (χ2n) is 6.25. The molecular weight excluding hydrogens is 425 g/mol. The summed E-state index contributed by atoms with van der Waals surface area (Å²) in [5, 5.41) is 1.12. The number of furan rings is 1. The van der Waals surface area contributed by atoms with Crippen LogP contribution in [0.1, 0.15) is 18.6 Å². The quantitative estimate of drug-likeness (QED) is 0.455. The minimum absolute atomic E-state index is 0.0621. The number of carbonyl (C=O) groups is 1. The predicted molar refractivity (Wildman–Crippen MR) is 113 cm³/mol. The fourth-order valence-corrected chi connectivity index (χ4v) is 4.68. The molecule has 0 radical (unpaired) electrons. The molecule has 2 aromatic rings. The molecule has 2 saturated heterocycles. The monoisotopic (exact) mass is 439 g/mol. The van der Waals surface area contributed by atoms with E-state index in [1.807, 2.05) is 0 Å². The summed E-state index contributed by atoms with van der Waals surface area (Å²) in [5.74, 6) is 1.03. The maximum Gasteiger partial charge on any atom is 0.266 e. The molecule has 4 rings (SSSR count). The number of hydrogen-bond donors (Lipinski definition) is 0. The predicted octanol–water partition coefficient (Wildman–Crippen LogP) is 5.63. The van der Waals surface area contributed by atoms with Gasteiger partial charge in [-0.1, -0.05) is 47.2 Å². The van der Waals surface area contributed by atoms with Gasteiger partial charge in [0, 0.05) is 23.3 Å². The second kappa shape index (κ2) is 7.97. The Morgan fingerprint density at radius 1 is 1.30 bits per heavy atom. The van der Waals surface area contributed by atoms with Gasteiger partial charge in [-0.15, -0.1) is 0 Å². The van der Waals surface area contributed by atoms with Crippen LogP contribution in [0.2, 0.25) is 10.0 Å². The number of rotatable bonds is 4. The van der Waals surface area contributed by atoms with Crippen LogP contribution < -0.4 is 0 Å². The summed E-state index contributed by atoms with van der Waals surface area (Å²) in [4.78, 5) is 14.8. The van der Waals surface area contributed by atoms with Gasteiger partial charge in [-0.25, -0.2) is 0 Å². The summed E-state index contributed by atoms with van der Waals surface area (Å²) in [6, 6.07) is 8.78. The first-order valence-corrected chi connectivity index (χ1v) is 10.4. The number of amides is 1. The van der Waals surface area contributed by atoms with Crippen LogP contribution in [-0.2, 0) is 9.53 Å². The van der Waals surface area contributed by atoms with E-state index in [4.69, 9.17) is 44.6 Å². The van der Waals surface area contributed by atoms with Crippen molar-refractivity contribution in [3.8, 4) is 11.3 Å². The highest BCUT2D eigenvalue weighted by Crippen LogP contribution is 2.36. The van der Waals surface area contributed by atoms with Gasteiger partial charge in [0.25, 0.3) is 5.91 Å². The summed E-state index contributed by atoms with van der Waals surface area (Å²) >= 11 is 18.9. The van der Waals surface area contributed by atoms with E-state index in [9.17, 15) is 4.79 Å².